The summed E-state index contributed by atoms with van der Waals surface area (Å²) in [4.78, 5) is 5.80. The number of rotatable bonds is 8. The van der Waals surface area contributed by atoms with Gasteiger partial charge in [0.1, 0.15) is 12.0 Å². The molecule has 4 aromatic rings. The normalized spacial score (nSPS) is 32.0. The van der Waals surface area contributed by atoms with Crippen LogP contribution in [0.4, 0.5) is 0 Å². The van der Waals surface area contributed by atoms with Crippen LogP contribution >= 0.6 is 11.8 Å². The highest BCUT2D eigenvalue weighted by Gasteiger charge is 2.50. The Kier molecular flexibility index (Phi) is 11.4. The minimum absolute atomic E-state index is 0.0286. The zero-order valence-electron chi connectivity index (χ0n) is 40.6. The van der Waals surface area contributed by atoms with Crippen molar-refractivity contribution in [2.45, 2.75) is 94.0 Å². The lowest BCUT2D eigenvalue weighted by atomic mass is 9.64. The van der Waals surface area contributed by atoms with Crippen LogP contribution in [-0.4, -0.2) is 33.2 Å². The molecule has 0 saturated carbocycles. The first kappa shape index (κ1) is 43.8. The average Bonchev–Trinajstić information content (AvgIpc) is 3.98. The topological polar surface area (TPSA) is 41.4 Å². The number of fused-ring (bicyclic) bond motifs is 7. The van der Waals surface area contributed by atoms with E-state index in [1.54, 1.807) is 0 Å². The highest BCUT2D eigenvalue weighted by Crippen LogP contribution is 2.60. The molecule has 13 rings (SSSR count). The van der Waals surface area contributed by atoms with Crippen LogP contribution in [0.5, 0.6) is 0 Å². The van der Waals surface area contributed by atoms with Crippen molar-refractivity contribution < 1.29 is 0 Å². The number of para-hydroxylation sites is 2. The first-order chi connectivity index (χ1) is 34.5. The lowest BCUT2D eigenvalue weighted by Gasteiger charge is -2.42. The van der Waals surface area contributed by atoms with Gasteiger partial charge in [0.2, 0.25) is 0 Å². The van der Waals surface area contributed by atoms with E-state index in [0.717, 1.165) is 44.4 Å². The summed E-state index contributed by atoms with van der Waals surface area (Å²) in [6.45, 7) is 5.04. The molecule has 350 valence electrons. The van der Waals surface area contributed by atoms with Gasteiger partial charge in [0.25, 0.3) is 0 Å². The Morgan fingerprint density at radius 2 is 1.64 bits per heavy atom. The molecule has 3 heterocycles. The van der Waals surface area contributed by atoms with Gasteiger partial charge in [0.15, 0.2) is 0 Å². The molecule has 10 atom stereocenters. The fraction of sp³-hybridized carbons (Fsp3) is 0.308. The van der Waals surface area contributed by atoms with Crippen LogP contribution in [0.2, 0.25) is 0 Å². The number of benzene rings is 3. The van der Waals surface area contributed by atoms with Crippen molar-refractivity contribution in [1.29, 1.82) is 0 Å². The van der Waals surface area contributed by atoms with Crippen LogP contribution in [-0.2, 0) is 0 Å². The van der Waals surface area contributed by atoms with Gasteiger partial charge in [-0.15, -0.1) is 11.8 Å². The number of hydrogen-bond acceptors (Lipinski definition) is 4. The van der Waals surface area contributed by atoms with Crippen LogP contribution in [0.3, 0.4) is 0 Å². The Morgan fingerprint density at radius 1 is 0.786 bits per heavy atom. The predicted octanol–water partition coefficient (Wildman–Crippen LogP) is 15.0. The van der Waals surface area contributed by atoms with E-state index in [1.807, 2.05) is 0 Å². The summed E-state index contributed by atoms with van der Waals surface area (Å²) in [5.74, 6) is 2.91. The van der Waals surface area contributed by atoms with E-state index in [4.69, 9.17) is 4.99 Å². The Bertz CT molecular complexity index is 3160. The number of allylic oxidation sites excluding steroid dienone is 17. The second-order valence-electron chi connectivity index (χ2n) is 21.4. The molecule has 9 aliphatic rings. The molecule has 0 spiro atoms. The Balaban J connectivity index is 0.957. The smallest absolute Gasteiger partial charge is 0.129 e. The second-order valence-corrected chi connectivity index (χ2v) is 22.8. The molecular weight excluding hydrogens is 869 g/mol. The molecule has 5 heteroatoms. The number of nitrogens with zero attached hydrogens (tertiary/aromatic N) is 2. The summed E-state index contributed by atoms with van der Waals surface area (Å²) >= 11 is 2.20. The lowest BCUT2D eigenvalue weighted by molar-refractivity contribution is 0.303. The maximum atomic E-state index is 5.80. The van der Waals surface area contributed by atoms with Gasteiger partial charge in [0, 0.05) is 39.3 Å². The highest BCUT2D eigenvalue weighted by atomic mass is 32.2. The average molecular weight is 933 g/mol. The minimum atomic E-state index is -0.198. The van der Waals surface area contributed by atoms with Crippen molar-refractivity contribution in [3.63, 3.8) is 0 Å². The first-order valence-electron chi connectivity index (χ1n) is 26.3. The van der Waals surface area contributed by atoms with Gasteiger partial charge in [-0.05, 0) is 143 Å². The maximum Gasteiger partial charge on any atom is 0.129 e. The predicted molar refractivity (Wildman–Crippen MR) is 296 cm³/mol. The maximum absolute atomic E-state index is 5.80. The van der Waals surface area contributed by atoms with Gasteiger partial charge < -0.3 is 9.88 Å². The molecule has 2 aliphatic heterocycles. The monoisotopic (exact) mass is 932 g/mol. The van der Waals surface area contributed by atoms with Crippen molar-refractivity contribution in [3.8, 4) is 5.69 Å². The van der Waals surface area contributed by atoms with Crippen molar-refractivity contribution in [1.82, 2.24) is 15.2 Å². The Labute approximate surface area is 419 Å². The zero-order valence-corrected chi connectivity index (χ0v) is 41.4. The van der Waals surface area contributed by atoms with E-state index in [1.165, 1.54) is 85.3 Å². The number of aliphatic imine (C=N–C) groups is 1. The van der Waals surface area contributed by atoms with Crippen LogP contribution in [0.25, 0.3) is 28.2 Å². The van der Waals surface area contributed by atoms with Gasteiger partial charge in [-0.2, -0.15) is 0 Å². The molecule has 10 unspecified atom stereocenters. The molecular formula is C65H64N4S. The van der Waals surface area contributed by atoms with Gasteiger partial charge in [-0.3, -0.25) is 5.32 Å². The van der Waals surface area contributed by atoms with E-state index in [2.05, 4.69) is 229 Å². The van der Waals surface area contributed by atoms with Gasteiger partial charge in [0.05, 0.1) is 17.4 Å². The third-order valence-electron chi connectivity index (χ3n) is 17.0. The van der Waals surface area contributed by atoms with E-state index in [-0.39, 0.29) is 17.7 Å². The SMILES string of the molecule is CC1CC(C2=CC(c3ccccc3)=CC(C)(C3C=CC=CC3)C2)=CC(C2N=C(C3=CC=CCC3)NC(C3C=CCCC3)N2)=C1C1=CC=CC2C1SC1C=Cc3c(c4ccccc4n3-c3ccccc3)C12. The van der Waals surface area contributed by atoms with Gasteiger partial charge >= 0.3 is 0 Å². The van der Waals surface area contributed by atoms with E-state index in [9.17, 15) is 0 Å². The highest BCUT2D eigenvalue weighted by molar-refractivity contribution is 8.01. The molecule has 1 fully saturated rings. The van der Waals surface area contributed by atoms with Crippen molar-refractivity contribution in [2.24, 2.45) is 34.1 Å². The summed E-state index contributed by atoms with van der Waals surface area (Å²) in [6.07, 6.45) is 49.8. The van der Waals surface area contributed by atoms with Crippen LogP contribution in [0.15, 0.2) is 221 Å². The van der Waals surface area contributed by atoms with Crippen molar-refractivity contribution >= 4 is 40.1 Å². The third-order valence-corrected chi connectivity index (χ3v) is 18.6. The van der Waals surface area contributed by atoms with Crippen molar-refractivity contribution in [2.75, 3.05) is 0 Å². The molecule has 70 heavy (non-hydrogen) atoms. The largest absolute Gasteiger partial charge is 0.354 e. The number of amidine groups is 1. The van der Waals surface area contributed by atoms with Crippen molar-refractivity contribution in [3.05, 3.63) is 232 Å². The van der Waals surface area contributed by atoms with E-state index in [0.29, 0.717) is 40.1 Å². The first-order valence-corrected chi connectivity index (χ1v) is 27.2. The standard InChI is InChI=1S/C65H64N4S/c1-42-37-46(48-38-47(43-21-8-3-9-22-43)40-65(2,41-48)49-27-14-6-15-28-49)39-54(64-67-62(44-23-10-4-11-24-44)66-63(68-64)45-25-12-5-13-26-45)58(42)52-32-20-33-53-60-57(70-61(52)53)36-35-56-59(60)51-31-18-19-34-55(51)69(56)50-29-16-7-17-30-50/h3-4,6-10,12,14-23,25,27,29-36,38-40,42,45,49,53,57,60-61,63-64,68H,5,11,13,24,26,28,37,41H2,1-2H3,(H,66,67). The molecule has 7 aliphatic carbocycles. The van der Waals surface area contributed by atoms with Crippen LogP contribution < -0.4 is 10.6 Å². The zero-order chi connectivity index (χ0) is 46.8. The van der Waals surface area contributed by atoms with Gasteiger partial charge in [-0.25, -0.2) is 4.99 Å². The fourth-order valence-electron chi connectivity index (χ4n) is 13.6. The third kappa shape index (κ3) is 7.76. The molecule has 0 radical (unpaired) electrons. The summed E-state index contributed by atoms with van der Waals surface area (Å²) in [5.41, 5.74) is 16.6. The van der Waals surface area contributed by atoms with Crippen LogP contribution in [0, 0.1) is 29.1 Å². The van der Waals surface area contributed by atoms with E-state index >= 15 is 0 Å². The van der Waals surface area contributed by atoms with Gasteiger partial charge in [-0.1, -0.05) is 178 Å². The summed E-state index contributed by atoms with van der Waals surface area (Å²) in [6, 6.07) is 31.2. The summed E-state index contributed by atoms with van der Waals surface area (Å²) in [7, 11) is 0. The molecule has 1 saturated heterocycles. The second kappa shape index (κ2) is 18.2. The molecule has 0 amide bonds. The molecule has 3 aromatic carbocycles. The number of hydrogen-bond donors (Lipinski definition) is 2. The lowest BCUT2D eigenvalue weighted by Crippen LogP contribution is -2.58. The Morgan fingerprint density at radius 3 is 2.46 bits per heavy atom. The number of nitrogens with one attached hydrogen (secondary N) is 2. The van der Waals surface area contributed by atoms with Crippen LogP contribution in [0.1, 0.15) is 88.0 Å². The van der Waals surface area contributed by atoms with E-state index < -0.39 is 0 Å². The summed E-state index contributed by atoms with van der Waals surface area (Å²) < 4.78 is 2.51. The number of aromatic nitrogens is 1. The minimum Gasteiger partial charge on any atom is -0.354 e. The molecule has 2 N–H and O–H groups in total. The molecule has 4 nitrogen and oxygen atoms in total. The molecule has 1 aromatic heterocycles. The fourth-order valence-corrected chi connectivity index (χ4v) is 15.4. The quantitative estimate of drug-likeness (QED) is 0.173. The Hall–Kier alpha value is -6.14. The number of thioether (sulfide) groups is 1. The molecule has 0 bridgehead atoms. The summed E-state index contributed by atoms with van der Waals surface area (Å²) in [5, 5.41) is 10.3.